The summed E-state index contributed by atoms with van der Waals surface area (Å²) < 4.78 is 28.3. The van der Waals surface area contributed by atoms with Gasteiger partial charge in [0.05, 0.1) is 19.8 Å². The molecule has 0 aliphatic carbocycles. The summed E-state index contributed by atoms with van der Waals surface area (Å²) in [6, 6.07) is 0. The molecule has 7 heteroatoms. The molecule has 2 rings (SSSR count). The molecule has 102 valence electrons. The van der Waals surface area contributed by atoms with Gasteiger partial charge in [-0.1, -0.05) is 19.9 Å². The smallest absolute Gasteiger partial charge is 0.414 e. The van der Waals surface area contributed by atoms with Gasteiger partial charge in [-0.05, 0) is 6.92 Å². The first-order chi connectivity index (χ1) is 8.38. The van der Waals surface area contributed by atoms with Gasteiger partial charge in [-0.15, -0.1) is 0 Å². The average molecular weight is 275 g/mol. The van der Waals surface area contributed by atoms with E-state index in [1.165, 1.54) is 4.90 Å². The van der Waals surface area contributed by atoms with Crippen LogP contribution in [0, 0.1) is 5.41 Å². The Morgan fingerprint density at radius 2 is 2.00 bits per heavy atom. The number of hydrogen-bond acceptors (Lipinski definition) is 5. The molecule has 6 nitrogen and oxygen atoms in total. The molecule has 0 radical (unpaired) electrons. The SMILES string of the molecule is C/C=C(/N1CCOC1=O)P1(=O)OCC(C)(C)CO1. The van der Waals surface area contributed by atoms with Gasteiger partial charge in [-0.2, -0.15) is 0 Å². The van der Waals surface area contributed by atoms with Crippen LogP contribution in [0.5, 0.6) is 0 Å². The molecular formula is C11H18NO5P. The average Bonchev–Trinajstić information content (AvgIpc) is 2.71. The van der Waals surface area contributed by atoms with Crippen LogP contribution in [0.15, 0.2) is 11.5 Å². The zero-order valence-corrected chi connectivity index (χ0v) is 11.7. The molecule has 0 spiro atoms. The van der Waals surface area contributed by atoms with E-state index in [0.29, 0.717) is 26.4 Å². The zero-order chi connectivity index (χ0) is 13.4. The molecule has 0 aromatic carbocycles. The van der Waals surface area contributed by atoms with Gasteiger partial charge < -0.3 is 13.8 Å². The number of carbonyl (C=O) groups is 1. The minimum Gasteiger partial charge on any atom is -0.447 e. The van der Waals surface area contributed by atoms with Gasteiger partial charge in [-0.3, -0.25) is 9.46 Å². The van der Waals surface area contributed by atoms with Crippen molar-refractivity contribution in [2.24, 2.45) is 5.41 Å². The fourth-order valence-corrected chi connectivity index (χ4v) is 3.97. The van der Waals surface area contributed by atoms with Crippen molar-refractivity contribution in [3.8, 4) is 0 Å². The van der Waals surface area contributed by atoms with Gasteiger partial charge in [0, 0.05) is 5.41 Å². The van der Waals surface area contributed by atoms with Crippen molar-refractivity contribution >= 4 is 13.7 Å². The molecule has 2 fully saturated rings. The topological polar surface area (TPSA) is 65.1 Å². The molecule has 2 saturated heterocycles. The summed E-state index contributed by atoms with van der Waals surface area (Å²) in [6.45, 7) is 6.98. The summed E-state index contributed by atoms with van der Waals surface area (Å²) in [4.78, 5) is 12.8. The molecule has 0 bridgehead atoms. The maximum Gasteiger partial charge on any atom is 0.414 e. The lowest BCUT2D eigenvalue weighted by Gasteiger charge is -2.36. The molecule has 18 heavy (non-hydrogen) atoms. The highest BCUT2D eigenvalue weighted by Gasteiger charge is 2.44. The first-order valence-corrected chi connectivity index (χ1v) is 7.42. The second-order valence-electron chi connectivity index (χ2n) is 5.12. The minimum atomic E-state index is -3.40. The minimum absolute atomic E-state index is 0.168. The Labute approximate surface area is 106 Å². The Hall–Kier alpha value is -0.840. The first-order valence-electron chi connectivity index (χ1n) is 5.88. The van der Waals surface area contributed by atoms with Crippen LogP contribution in [0.2, 0.25) is 0 Å². The van der Waals surface area contributed by atoms with E-state index in [9.17, 15) is 9.36 Å². The predicted molar refractivity (Wildman–Crippen MR) is 65.1 cm³/mol. The predicted octanol–water partition coefficient (Wildman–Crippen LogP) is 2.57. The largest absolute Gasteiger partial charge is 0.447 e. The fraction of sp³-hybridized carbons (Fsp3) is 0.727. The maximum absolute atomic E-state index is 12.6. The normalized spacial score (nSPS) is 27.2. The van der Waals surface area contributed by atoms with Crippen molar-refractivity contribution in [2.45, 2.75) is 20.8 Å². The summed E-state index contributed by atoms with van der Waals surface area (Å²) in [5.74, 6) is 0. The van der Waals surface area contributed by atoms with E-state index in [-0.39, 0.29) is 10.9 Å². The lowest BCUT2D eigenvalue weighted by molar-refractivity contribution is 0.0421. The highest BCUT2D eigenvalue weighted by atomic mass is 31.2. The third-order valence-corrected chi connectivity index (χ3v) is 4.83. The molecule has 0 N–H and O–H groups in total. The highest BCUT2D eigenvalue weighted by molar-refractivity contribution is 7.58. The monoisotopic (exact) mass is 275 g/mol. The van der Waals surface area contributed by atoms with E-state index in [1.807, 2.05) is 13.8 Å². The van der Waals surface area contributed by atoms with E-state index in [1.54, 1.807) is 13.0 Å². The molecule has 2 aliphatic heterocycles. The van der Waals surface area contributed by atoms with Gasteiger partial charge >= 0.3 is 13.7 Å². The van der Waals surface area contributed by atoms with E-state index >= 15 is 0 Å². The van der Waals surface area contributed by atoms with Crippen LogP contribution in [-0.4, -0.2) is 37.4 Å². The van der Waals surface area contributed by atoms with Crippen LogP contribution in [0.3, 0.4) is 0 Å². The van der Waals surface area contributed by atoms with Crippen molar-refractivity contribution in [1.29, 1.82) is 0 Å². The molecule has 0 unspecified atom stereocenters. The van der Waals surface area contributed by atoms with Gasteiger partial charge in [0.25, 0.3) is 0 Å². The number of carbonyl (C=O) groups excluding carboxylic acids is 1. The number of cyclic esters (lactones) is 1. The quantitative estimate of drug-likeness (QED) is 0.725. The Bertz CT molecular complexity index is 417. The van der Waals surface area contributed by atoms with Crippen LogP contribution < -0.4 is 0 Å². The first kappa shape index (κ1) is 13.6. The standard InChI is InChI=1S/C11H18NO5P/c1-4-9(12-5-6-15-10(12)13)18(14)16-7-11(2,3)8-17-18/h4H,5-8H2,1-3H3/b9-4-. The summed E-state index contributed by atoms with van der Waals surface area (Å²) in [7, 11) is -3.40. The van der Waals surface area contributed by atoms with Crippen LogP contribution in [-0.2, 0) is 18.3 Å². The Morgan fingerprint density at radius 3 is 2.44 bits per heavy atom. The zero-order valence-electron chi connectivity index (χ0n) is 10.8. The highest BCUT2D eigenvalue weighted by Crippen LogP contribution is 2.61. The third-order valence-electron chi connectivity index (χ3n) is 2.83. The molecule has 0 aromatic rings. The van der Waals surface area contributed by atoms with Gasteiger partial charge in [-0.25, -0.2) is 4.79 Å². The van der Waals surface area contributed by atoms with Crippen molar-refractivity contribution in [1.82, 2.24) is 4.90 Å². The van der Waals surface area contributed by atoms with Gasteiger partial charge in [0.1, 0.15) is 12.0 Å². The molecular weight excluding hydrogens is 257 g/mol. The van der Waals surface area contributed by atoms with Crippen molar-refractivity contribution in [2.75, 3.05) is 26.4 Å². The van der Waals surface area contributed by atoms with E-state index < -0.39 is 13.7 Å². The molecule has 0 saturated carbocycles. The number of amides is 1. The van der Waals surface area contributed by atoms with Crippen LogP contribution in [0.1, 0.15) is 20.8 Å². The lowest BCUT2D eigenvalue weighted by atomic mass is 9.97. The third kappa shape index (κ3) is 2.46. The number of rotatable bonds is 2. The van der Waals surface area contributed by atoms with Crippen LogP contribution >= 0.6 is 7.60 Å². The Morgan fingerprint density at radius 1 is 1.39 bits per heavy atom. The molecule has 1 amide bonds. The number of ether oxygens (including phenoxy) is 1. The molecule has 2 heterocycles. The second-order valence-corrected chi connectivity index (χ2v) is 7.09. The van der Waals surface area contributed by atoms with Crippen LogP contribution in [0.4, 0.5) is 4.79 Å². The van der Waals surface area contributed by atoms with E-state index in [2.05, 4.69) is 0 Å². The fourth-order valence-electron chi connectivity index (χ4n) is 1.79. The maximum atomic E-state index is 12.6. The lowest BCUT2D eigenvalue weighted by Crippen LogP contribution is -2.33. The second kappa shape index (κ2) is 4.68. The summed E-state index contributed by atoms with van der Waals surface area (Å²) in [5.41, 5.74) is 0.110. The number of hydrogen-bond donors (Lipinski definition) is 0. The molecule has 0 atom stereocenters. The number of allylic oxidation sites excluding steroid dienone is 1. The van der Waals surface area contributed by atoms with Crippen molar-refractivity contribution < 1.29 is 23.1 Å². The van der Waals surface area contributed by atoms with Crippen LogP contribution in [0.25, 0.3) is 0 Å². The number of nitrogens with zero attached hydrogens (tertiary/aromatic N) is 1. The van der Waals surface area contributed by atoms with Crippen molar-refractivity contribution in [3.63, 3.8) is 0 Å². The van der Waals surface area contributed by atoms with E-state index in [4.69, 9.17) is 13.8 Å². The summed E-state index contributed by atoms with van der Waals surface area (Å²) in [5, 5.41) is 0. The summed E-state index contributed by atoms with van der Waals surface area (Å²) in [6.07, 6.45) is 1.08. The van der Waals surface area contributed by atoms with Gasteiger partial charge in [0.15, 0.2) is 0 Å². The molecule has 0 aromatic heterocycles. The summed E-state index contributed by atoms with van der Waals surface area (Å²) >= 11 is 0. The Kier molecular flexibility index (Phi) is 3.54. The Balaban J connectivity index is 2.19. The van der Waals surface area contributed by atoms with Crippen molar-refractivity contribution in [3.05, 3.63) is 11.5 Å². The van der Waals surface area contributed by atoms with Gasteiger partial charge in [0.2, 0.25) is 0 Å². The molecule has 2 aliphatic rings. The van der Waals surface area contributed by atoms with E-state index in [0.717, 1.165) is 0 Å².